The molecule has 1 aromatic heterocycles. The molecular formula is C8H11N3O2S. The number of amides is 1. The van der Waals surface area contributed by atoms with Gasteiger partial charge >= 0.3 is 0 Å². The number of carbonyl (C=O) groups is 1. The number of nitrogens with zero attached hydrogens (tertiary/aromatic N) is 1. The molecule has 1 rings (SSSR count). The molecule has 0 unspecified atom stereocenters. The van der Waals surface area contributed by atoms with Crippen molar-refractivity contribution in [3.63, 3.8) is 0 Å². The number of nitrogens with two attached hydrogens (primary N) is 1. The van der Waals surface area contributed by atoms with E-state index in [1.54, 1.807) is 18.4 Å². The van der Waals surface area contributed by atoms with E-state index in [0.29, 0.717) is 12.3 Å². The smallest absolute Gasteiger partial charge is 0.235 e. The van der Waals surface area contributed by atoms with Gasteiger partial charge in [-0.2, -0.15) is 0 Å². The number of nitrogens with one attached hydrogen (secondary N) is 1. The largest absolute Gasteiger partial charge is 0.467 e. The highest BCUT2D eigenvalue weighted by molar-refractivity contribution is 7.80. The lowest BCUT2D eigenvalue weighted by molar-refractivity contribution is -0.122. The molecule has 1 amide bonds. The number of furan rings is 1. The van der Waals surface area contributed by atoms with E-state index in [9.17, 15) is 4.79 Å². The molecule has 0 saturated heterocycles. The van der Waals surface area contributed by atoms with Gasteiger partial charge in [0.2, 0.25) is 5.91 Å². The Hall–Kier alpha value is -1.56. The Balaban J connectivity index is 2.60. The Kier molecular flexibility index (Phi) is 3.47. The van der Waals surface area contributed by atoms with Gasteiger partial charge in [0, 0.05) is 6.92 Å². The molecule has 0 aliphatic heterocycles. The van der Waals surface area contributed by atoms with Gasteiger partial charge in [-0.15, -0.1) is 0 Å². The normalized spacial score (nSPS) is 9.50. The van der Waals surface area contributed by atoms with Crippen molar-refractivity contribution in [2.75, 3.05) is 0 Å². The van der Waals surface area contributed by atoms with Crippen LogP contribution in [0.3, 0.4) is 0 Å². The van der Waals surface area contributed by atoms with Crippen molar-refractivity contribution in [1.82, 2.24) is 10.4 Å². The van der Waals surface area contributed by atoms with Crippen LogP contribution in [0.1, 0.15) is 12.7 Å². The van der Waals surface area contributed by atoms with Gasteiger partial charge in [0.1, 0.15) is 5.76 Å². The van der Waals surface area contributed by atoms with E-state index in [-0.39, 0.29) is 11.0 Å². The lowest BCUT2D eigenvalue weighted by Crippen LogP contribution is -2.47. The van der Waals surface area contributed by atoms with E-state index in [4.69, 9.17) is 22.4 Å². The van der Waals surface area contributed by atoms with Gasteiger partial charge in [0.25, 0.3) is 0 Å². The molecule has 0 aliphatic rings. The second-order valence-corrected chi connectivity index (χ2v) is 3.09. The maximum Gasteiger partial charge on any atom is 0.235 e. The van der Waals surface area contributed by atoms with Crippen LogP contribution in [0.2, 0.25) is 0 Å². The molecule has 3 N–H and O–H groups in total. The summed E-state index contributed by atoms with van der Waals surface area (Å²) >= 11 is 4.76. The Bertz CT molecular complexity index is 323. The fourth-order valence-corrected chi connectivity index (χ4v) is 1.03. The van der Waals surface area contributed by atoms with Crippen LogP contribution in [0.25, 0.3) is 0 Å². The molecule has 0 radical (unpaired) electrons. The molecule has 1 heterocycles. The monoisotopic (exact) mass is 213 g/mol. The average Bonchev–Trinajstić information content (AvgIpc) is 2.54. The summed E-state index contributed by atoms with van der Waals surface area (Å²) in [5.41, 5.74) is 7.89. The zero-order valence-electron chi connectivity index (χ0n) is 7.69. The second-order valence-electron chi connectivity index (χ2n) is 2.67. The molecule has 0 atom stereocenters. The Labute approximate surface area is 86.8 Å². The molecule has 14 heavy (non-hydrogen) atoms. The molecule has 0 saturated carbocycles. The molecule has 0 fully saturated rings. The van der Waals surface area contributed by atoms with E-state index in [2.05, 4.69) is 5.43 Å². The summed E-state index contributed by atoms with van der Waals surface area (Å²) in [6.07, 6.45) is 1.54. The summed E-state index contributed by atoms with van der Waals surface area (Å²) in [6, 6.07) is 3.52. The van der Waals surface area contributed by atoms with E-state index in [1.165, 1.54) is 11.9 Å². The van der Waals surface area contributed by atoms with Crippen LogP contribution in [0, 0.1) is 0 Å². The van der Waals surface area contributed by atoms with Crippen molar-refractivity contribution in [1.29, 1.82) is 0 Å². The van der Waals surface area contributed by atoms with Crippen molar-refractivity contribution >= 4 is 23.2 Å². The standard InChI is InChI=1S/C8H11N3O2S/c1-6(12)10-11(8(9)14)5-7-3-2-4-13-7/h2-4H,5H2,1H3,(H2,9,14)(H,10,12). The third kappa shape index (κ3) is 3.06. The predicted molar refractivity (Wildman–Crippen MR) is 54.9 cm³/mol. The molecule has 0 aliphatic carbocycles. The van der Waals surface area contributed by atoms with Crippen molar-refractivity contribution in [3.8, 4) is 0 Å². The molecular weight excluding hydrogens is 202 g/mol. The van der Waals surface area contributed by atoms with Crippen molar-refractivity contribution < 1.29 is 9.21 Å². The van der Waals surface area contributed by atoms with Crippen LogP contribution in [-0.2, 0) is 11.3 Å². The van der Waals surface area contributed by atoms with E-state index >= 15 is 0 Å². The molecule has 6 heteroatoms. The first kappa shape index (κ1) is 10.5. The second kappa shape index (κ2) is 4.61. The molecule has 5 nitrogen and oxygen atoms in total. The van der Waals surface area contributed by atoms with Gasteiger partial charge in [-0.1, -0.05) is 0 Å². The predicted octanol–water partition coefficient (Wildman–Crippen LogP) is 0.376. The first-order valence-electron chi connectivity index (χ1n) is 3.96. The highest BCUT2D eigenvalue weighted by Gasteiger charge is 2.09. The van der Waals surface area contributed by atoms with Gasteiger partial charge in [-0.25, -0.2) is 0 Å². The SMILES string of the molecule is CC(=O)NN(Cc1ccco1)C(N)=S. The van der Waals surface area contributed by atoms with Crippen LogP contribution in [0.5, 0.6) is 0 Å². The number of rotatable bonds is 2. The Morgan fingerprint density at radius 2 is 2.50 bits per heavy atom. The summed E-state index contributed by atoms with van der Waals surface area (Å²) in [5, 5.41) is 1.44. The molecule has 0 aromatic carbocycles. The highest BCUT2D eigenvalue weighted by atomic mass is 32.1. The molecule has 1 aromatic rings. The minimum absolute atomic E-state index is 0.0941. The van der Waals surface area contributed by atoms with Gasteiger partial charge in [0.05, 0.1) is 12.8 Å². The van der Waals surface area contributed by atoms with Gasteiger partial charge in [-0.05, 0) is 24.4 Å². The van der Waals surface area contributed by atoms with E-state index in [1.807, 2.05) is 0 Å². The number of hydrogen-bond acceptors (Lipinski definition) is 3. The Morgan fingerprint density at radius 1 is 1.79 bits per heavy atom. The van der Waals surface area contributed by atoms with E-state index in [0.717, 1.165) is 0 Å². The van der Waals surface area contributed by atoms with Gasteiger partial charge in [-0.3, -0.25) is 15.2 Å². The maximum atomic E-state index is 10.8. The summed E-state index contributed by atoms with van der Waals surface area (Å²) in [6.45, 7) is 1.70. The minimum Gasteiger partial charge on any atom is -0.467 e. The fraction of sp³-hybridized carbons (Fsp3) is 0.250. The molecule has 0 spiro atoms. The zero-order valence-corrected chi connectivity index (χ0v) is 8.50. The van der Waals surface area contributed by atoms with Crippen LogP contribution in [-0.4, -0.2) is 16.0 Å². The first-order valence-corrected chi connectivity index (χ1v) is 4.37. The third-order valence-electron chi connectivity index (χ3n) is 1.45. The first-order chi connectivity index (χ1) is 6.59. The highest BCUT2D eigenvalue weighted by Crippen LogP contribution is 2.03. The van der Waals surface area contributed by atoms with Crippen molar-refractivity contribution in [2.45, 2.75) is 13.5 Å². The number of carbonyl (C=O) groups excluding carboxylic acids is 1. The number of hydrazine groups is 1. The lowest BCUT2D eigenvalue weighted by Gasteiger charge is -2.21. The third-order valence-corrected chi connectivity index (χ3v) is 1.67. The van der Waals surface area contributed by atoms with E-state index < -0.39 is 0 Å². The summed E-state index contributed by atoms with van der Waals surface area (Å²) in [4.78, 5) is 10.8. The summed E-state index contributed by atoms with van der Waals surface area (Å²) in [7, 11) is 0. The van der Waals surface area contributed by atoms with Gasteiger partial charge < -0.3 is 10.2 Å². The molecule has 0 bridgehead atoms. The van der Waals surface area contributed by atoms with Crippen LogP contribution in [0.15, 0.2) is 22.8 Å². The van der Waals surface area contributed by atoms with Crippen molar-refractivity contribution in [2.24, 2.45) is 5.73 Å². The molecule has 76 valence electrons. The lowest BCUT2D eigenvalue weighted by atomic mass is 10.4. The Morgan fingerprint density at radius 3 is 2.93 bits per heavy atom. The maximum absolute atomic E-state index is 10.8. The fourth-order valence-electron chi connectivity index (χ4n) is 0.921. The van der Waals surface area contributed by atoms with Crippen molar-refractivity contribution in [3.05, 3.63) is 24.2 Å². The van der Waals surface area contributed by atoms with Crippen LogP contribution < -0.4 is 11.2 Å². The average molecular weight is 213 g/mol. The topological polar surface area (TPSA) is 71.5 Å². The van der Waals surface area contributed by atoms with Gasteiger partial charge in [0.15, 0.2) is 5.11 Å². The zero-order chi connectivity index (χ0) is 10.6. The summed E-state index contributed by atoms with van der Waals surface area (Å²) < 4.78 is 5.09. The summed E-state index contributed by atoms with van der Waals surface area (Å²) in [5.74, 6) is 0.441. The van der Waals surface area contributed by atoms with Crippen LogP contribution in [0.4, 0.5) is 0 Å². The van der Waals surface area contributed by atoms with Crippen LogP contribution >= 0.6 is 12.2 Å². The number of thiocarbonyl (C=S) groups is 1. The quantitative estimate of drug-likeness (QED) is 0.549. The number of hydrogen-bond donors (Lipinski definition) is 2. The minimum atomic E-state index is -0.232.